The van der Waals surface area contributed by atoms with Crippen molar-refractivity contribution in [2.45, 2.75) is 25.2 Å². The van der Waals surface area contributed by atoms with Gasteiger partial charge in [0.15, 0.2) is 0 Å². The minimum atomic E-state index is -5.35. The van der Waals surface area contributed by atoms with Crippen LogP contribution in [0.25, 0.3) is 0 Å². The summed E-state index contributed by atoms with van der Waals surface area (Å²) in [6, 6.07) is 6.40. The molecule has 1 aromatic heterocycles. The van der Waals surface area contributed by atoms with Crippen molar-refractivity contribution in [1.82, 2.24) is 14.9 Å². The molecule has 2 heterocycles. The number of carbonyl (C=O) groups is 2. The second-order valence-electron chi connectivity index (χ2n) is 6.26. The fourth-order valence-electron chi connectivity index (χ4n) is 3.24. The van der Waals surface area contributed by atoms with E-state index in [9.17, 15) is 32.3 Å². The molecule has 29 heavy (non-hydrogen) atoms. The smallest absolute Gasteiger partial charge is 0.425 e. The van der Waals surface area contributed by atoms with Crippen LogP contribution in [0.2, 0.25) is 0 Å². The molecule has 0 fully saturated rings. The molecule has 1 aromatic carbocycles. The van der Waals surface area contributed by atoms with Gasteiger partial charge in [0, 0.05) is 12.5 Å². The number of hydrogen-bond donors (Lipinski definition) is 3. The molecule has 154 valence electrons. The number of amides is 2. The fourth-order valence-corrected chi connectivity index (χ4v) is 3.24. The molecule has 3 rings (SSSR count). The number of aromatic nitrogens is 2. The number of carbonyl (C=O) groups excluding carboxylic acids is 2. The van der Waals surface area contributed by atoms with Gasteiger partial charge in [0.2, 0.25) is 11.4 Å². The Balaban J connectivity index is 2.29. The van der Waals surface area contributed by atoms with Crippen molar-refractivity contribution in [3.8, 4) is 5.75 Å². The molecule has 0 saturated heterocycles. The first kappa shape index (κ1) is 20.2. The average Bonchev–Trinajstić information content (AvgIpc) is 2.92. The number of anilines is 1. The zero-order valence-corrected chi connectivity index (χ0v) is 15.1. The predicted octanol–water partition coefficient (Wildman–Crippen LogP) is 0.439. The molecule has 1 atom stereocenters. The first-order valence-corrected chi connectivity index (χ1v) is 8.19. The maximum atomic E-state index is 13.9. The number of fused-ring (bicyclic) bond motifs is 1. The summed E-state index contributed by atoms with van der Waals surface area (Å²) in [5, 5.41) is 3.48. The van der Waals surface area contributed by atoms with Gasteiger partial charge in [-0.3, -0.25) is 23.9 Å². The van der Waals surface area contributed by atoms with Crippen LogP contribution in [-0.4, -0.2) is 34.7 Å². The number of halogens is 3. The summed E-state index contributed by atoms with van der Waals surface area (Å²) in [7, 11) is 1.37. The summed E-state index contributed by atoms with van der Waals surface area (Å²) in [6.07, 6.45) is -5.35. The molecule has 0 saturated carbocycles. The maximum Gasteiger partial charge on any atom is 0.425 e. The highest BCUT2D eigenvalue weighted by Crippen LogP contribution is 2.45. The minimum Gasteiger partial charge on any atom is -0.496 e. The largest absolute Gasteiger partial charge is 0.496 e. The van der Waals surface area contributed by atoms with Gasteiger partial charge in [-0.15, -0.1) is 0 Å². The first-order chi connectivity index (χ1) is 13.5. The Morgan fingerprint density at radius 3 is 2.48 bits per heavy atom. The molecule has 0 spiro atoms. The Bertz CT molecular complexity index is 1120. The molecule has 0 bridgehead atoms. The number of aromatic amines is 1. The predicted molar refractivity (Wildman–Crippen MR) is 93.6 cm³/mol. The number of alkyl halides is 3. The van der Waals surface area contributed by atoms with Gasteiger partial charge in [-0.1, -0.05) is 18.2 Å². The highest BCUT2D eigenvalue weighted by molar-refractivity contribution is 6.07. The Kier molecular flexibility index (Phi) is 4.73. The van der Waals surface area contributed by atoms with Crippen LogP contribution in [0.1, 0.15) is 18.1 Å². The van der Waals surface area contributed by atoms with E-state index in [1.54, 1.807) is 29.2 Å². The Morgan fingerprint density at radius 2 is 1.90 bits per heavy atom. The van der Waals surface area contributed by atoms with Crippen LogP contribution in [0.5, 0.6) is 5.75 Å². The maximum absolute atomic E-state index is 13.9. The average molecular weight is 412 g/mol. The lowest BCUT2D eigenvalue weighted by Gasteiger charge is -2.29. The van der Waals surface area contributed by atoms with Gasteiger partial charge in [-0.2, -0.15) is 13.2 Å². The molecule has 9 nitrogen and oxygen atoms in total. The van der Waals surface area contributed by atoms with Gasteiger partial charge in [0.25, 0.3) is 11.5 Å². The number of rotatable bonds is 4. The fraction of sp³-hybridized carbons (Fsp3) is 0.294. The van der Waals surface area contributed by atoms with Crippen LogP contribution in [0.4, 0.5) is 19.0 Å². The number of methoxy groups -OCH3 is 1. The van der Waals surface area contributed by atoms with Crippen molar-refractivity contribution in [2.24, 2.45) is 0 Å². The normalized spacial score (nSPS) is 18.2. The molecule has 1 aliphatic heterocycles. The topological polar surface area (TPSA) is 122 Å². The molecule has 3 N–H and O–H groups in total. The van der Waals surface area contributed by atoms with Gasteiger partial charge in [0.1, 0.15) is 17.1 Å². The van der Waals surface area contributed by atoms with Crippen molar-refractivity contribution < 1.29 is 27.5 Å². The van der Waals surface area contributed by atoms with Crippen LogP contribution in [0.3, 0.4) is 0 Å². The van der Waals surface area contributed by atoms with E-state index in [1.165, 1.54) is 12.4 Å². The number of nitrogens with zero attached hydrogens (tertiary/aromatic N) is 1. The lowest BCUT2D eigenvalue weighted by molar-refractivity contribution is -0.200. The standard InChI is InChI=1S/C17H15F3N4O5/c1-8(25)23-16(17(18,19)20)11-12(21-14(16)27)24(15(28)22-13(11)26)7-9-5-3-4-6-10(9)29-2/h3-6H,7H2,1-2H3,(H,21,27)(H,23,25)(H,22,26,28). The number of para-hydroxylation sites is 1. The van der Waals surface area contributed by atoms with Gasteiger partial charge in [-0.25, -0.2) is 4.79 Å². The van der Waals surface area contributed by atoms with Crippen LogP contribution < -0.4 is 26.6 Å². The highest BCUT2D eigenvalue weighted by atomic mass is 19.4. The summed E-state index contributed by atoms with van der Waals surface area (Å²) in [6.45, 7) is 0.466. The van der Waals surface area contributed by atoms with E-state index in [0.29, 0.717) is 11.3 Å². The zero-order valence-electron chi connectivity index (χ0n) is 15.1. The summed E-state index contributed by atoms with van der Waals surface area (Å²) in [4.78, 5) is 50.3. The van der Waals surface area contributed by atoms with Crippen molar-refractivity contribution >= 4 is 17.6 Å². The molecule has 1 unspecified atom stereocenters. The van der Waals surface area contributed by atoms with Crippen molar-refractivity contribution in [1.29, 1.82) is 0 Å². The zero-order chi connectivity index (χ0) is 21.6. The van der Waals surface area contributed by atoms with E-state index in [2.05, 4.69) is 0 Å². The summed E-state index contributed by atoms with van der Waals surface area (Å²) >= 11 is 0. The highest BCUT2D eigenvalue weighted by Gasteiger charge is 2.68. The van der Waals surface area contributed by atoms with Crippen molar-refractivity contribution in [3.63, 3.8) is 0 Å². The Labute approximate surface area is 160 Å². The van der Waals surface area contributed by atoms with E-state index >= 15 is 0 Å². The Hall–Kier alpha value is -3.57. The van der Waals surface area contributed by atoms with Crippen LogP contribution in [0.15, 0.2) is 33.9 Å². The molecule has 2 amide bonds. The molecular weight excluding hydrogens is 397 g/mol. The van der Waals surface area contributed by atoms with Crippen molar-refractivity contribution in [2.75, 3.05) is 12.4 Å². The quantitative estimate of drug-likeness (QED) is 0.673. The SMILES string of the molecule is COc1ccccc1Cn1c2c(c(=O)[nH]c1=O)C(NC(C)=O)(C(F)(F)F)C(=O)N2. The number of benzene rings is 1. The lowest BCUT2D eigenvalue weighted by Crippen LogP contribution is -2.61. The second kappa shape index (κ2) is 6.79. The van der Waals surface area contributed by atoms with E-state index in [0.717, 1.165) is 11.5 Å². The van der Waals surface area contributed by atoms with Gasteiger partial charge < -0.3 is 15.4 Å². The molecule has 0 radical (unpaired) electrons. The van der Waals surface area contributed by atoms with E-state index < -0.39 is 46.2 Å². The third-order valence-electron chi connectivity index (χ3n) is 4.46. The van der Waals surface area contributed by atoms with Crippen LogP contribution >= 0.6 is 0 Å². The van der Waals surface area contributed by atoms with E-state index in [1.807, 2.05) is 5.32 Å². The molecule has 2 aromatic rings. The molecule has 12 heteroatoms. The second-order valence-corrected chi connectivity index (χ2v) is 6.26. The number of hydrogen-bond acceptors (Lipinski definition) is 5. The van der Waals surface area contributed by atoms with Crippen LogP contribution in [-0.2, 0) is 21.7 Å². The van der Waals surface area contributed by atoms with Gasteiger partial charge in [-0.05, 0) is 6.07 Å². The van der Waals surface area contributed by atoms with E-state index in [4.69, 9.17) is 4.74 Å². The van der Waals surface area contributed by atoms with Crippen molar-refractivity contribution in [3.05, 3.63) is 56.2 Å². The third-order valence-corrected chi connectivity index (χ3v) is 4.46. The number of nitrogens with one attached hydrogen (secondary N) is 3. The minimum absolute atomic E-state index is 0.309. The lowest BCUT2D eigenvalue weighted by atomic mass is 9.92. The molecule has 0 aliphatic carbocycles. The first-order valence-electron chi connectivity index (χ1n) is 8.19. The summed E-state index contributed by atoms with van der Waals surface area (Å²) in [5.74, 6) is -3.19. The summed E-state index contributed by atoms with van der Waals surface area (Å²) in [5.41, 5.74) is -6.81. The Morgan fingerprint density at radius 1 is 1.24 bits per heavy atom. The van der Waals surface area contributed by atoms with Crippen LogP contribution in [0, 0.1) is 0 Å². The third kappa shape index (κ3) is 3.05. The molecule has 1 aliphatic rings. The number of ether oxygens (including phenoxy) is 1. The summed E-state index contributed by atoms with van der Waals surface area (Å²) < 4.78 is 47.7. The number of H-pyrrole nitrogens is 1. The monoisotopic (exact) mass is 412 g/mol. The molecular formula is C17H15F3N4O5. The van der Waals surface area contributed by atoms with Gasteiger partial charge >= 0.3 is 11.9 Å². The van der Waals surface area contributed by atoms with E-state index in [-0.39, 0.29) is 6.54 Å². The van der Waals surface area contributed by atoms with Gasteiger partial charge in [0.05, 0.1) is 13.7 Å².